The fourth-order valence-electron chi connectivity index (χ4n) is 1.52. The van der Waals surface area contributed by atoms with E-state index in [0.717, 1.165) is 0 Å². The molecule has 0 heterocycles. The van der Waals surface area contributed by atoms with Gasteiger partial charge in [0.1, 0.15) is 11.6 Å². The molecule has 0 radical (unpaired) electrons. The third-order valence-corrected chi connectivity index (χ3v) is 2.21. The predicted molar refractivity (Wildman–Crippen MR) is 54.9 cm³/mol. The van der Waals surface area contributed by atoms with Crippen LogP contribution in [0.15, 0.2) is 30.3 Å². The number of benzene rings is 2. The van der Waals surface area contributed by atoms with Crippen molar-refractivity contribution < 1.29 is 9.13 Å². The van der Waals surface area contributed by atoms with Crippen molar-refractivity contribution in [2.75, 3.05) is 12.8 Å². The van der Waals surface area contributed by atoms with Crippen molar-refractivity contribution in [2.24, 2.45) is 0 Å². The summed E-state index contributed by atoms with van der Waals surface area (Å²) in [6, 6.07) is 8.18. The summed E-state index contributed by atoms with van der Waals surface area (Å²) in [5.74, 6) is 0.193. The summed E-state index contributed by atoms with van der Waals surface area (Å²) in [7, 11) is 1.51. The largest absolute Gasteiger partial charge is 0.496 e. The number of rotatable bonds is 1. The summed E-state index contributed by atoms with van der Waals surface area (Å²) >= 11 is 0. The van der Waals surface area contributed by atoms with E-state index in [9.17, 15) is 4.39 Å². The molecule has 72 valence electrons. The highest BCUT2D eigenvalue weighted by atomic mass is 19.1. The lowest BCUT2D eigenvalue weighted by molar-refractivity contribution is 0.418. The Morgan fingerprint density at radius 3 is 2.71 bits per heavy atom. The molecule has 2 aromatic rings. The molecule has 0 aromatic heterocycles. The number of nitrogens with two attached hydrogens (primary N) is 1. The Morgan fingerprint density at radius 2 is 2.00 bits per heavy atom. The molecule has 0 saturated carbocycles. The van der Waals surface area contributed by atoms with Crippen LogP contribution in [0.3, 0.4) is 0 Å². The van der Waals surface area contributed by atoms with Crippen LogP contribution in [0, 0.1) is 5.82 Å². The first-order valence-corrected chi connectivity index (χ1v) is 4.24. The molecule has 0 atom stereocenters. The smallest absolute Gasteiger partial charge is 0.134 e. The zero-order chi connectivity index (χ0) is 10.1. The second-order valence-corrected chi connectivity index (χ2v) is 3.02. The van der Waals surface area contributed by atoms with Crippen LogP contribution in [0.5, 0.6) is 5.75 Å². The van der Waals surface area contributed by atoms with E-state index in [4.69, 9.17) is 10.5 Å². The fraction of sp³-hybridized carbons (Fsp3) is 0.0909. The van der Waals surface area contributed by atoms with Gasteiger partial charge < -0.3 is 10.5 Å². The topological polar surface area (TPSA) is 35.2 Å². The summed E-state index contributed by atoms with van der Waals surface area (Å²) in [5.41, 5.74) is 6.28. The van der Waals surface area contributed by atoms with Crippen LogP contribution in [0.2, 0.25) is 0 Å². The first-order valence-electron chi connectivity index (χ1n) is 4.24. The highest BCUT2D eigenvalue weighted by Crippen LogP contribution is 2.31. The Kier molecular flexibility index (Phi) is 2.00. The van der Waals surface area contributed by atoms with Crippen LogP contribution < -0.4 is 10.5 Å². The lowest BCUT2D eigenvalue weighted by Crippen LogP contribution is -1.92. The van der Waals surface area contributed by atoms with Crippen LogP contribution in [-0.4, -0.2) is 7.11 Å². The molecule has 0 amide bonds. The third-order valence-electron chi connectivity index (χ3n) is 2.21. The highest BCUT2D eigenvalue weighted by Gasteiger charge is 2.08. The van der Waals surface area contributed by atoms with Crippen molar-refractivity contribution in [3.8, 4) is 5.75 Å². The standard InChI is InChI=1S/C11H10FNO/c1-14-10-4-2-3-7-9(13)6-5-8(12)11(7)10/h2-6H,13H2,1H3. The van der Waals surface area contributed by atoms with Crippen LogP contribution >= 0.6 is 0 Å². The molecule has 0 bridgehead atoms. The summed E-state index contributed by atoms with van der Waals surface area (Å²) in [6.45, 7) is 0. The number of methoxy groups -OCH3 is 1. The van der Waals surface area contributed by atoms with Crippen molar-refractivity contribution in [2.45, 2.75) is 0 Å². The van der Waals surface area contributed by atoms with Crippen molar-refractivity contribution in [1.29, 1.82) is 0 Å². The number of hydrogen-bond donors (Lipinski definition) is 1. The zero-order valence-corrected chi connectivity index (χ0v) is 7.75. The number of nitrogen functional groups attached to an aromatic ring is 1. The molecule has 0 aliphatic carbocycles. The molecule has 0 aliphatic rings. The average Bonchev–Trinajstić information content (AvgIpc) is 2.23. The maximum absolute atomic E-state index is 13.5. The molecule has 0 saturated heterocycles. The summed E-state index contributed by atoms with van der Waals surface area (Å²) in [5, 5.41) is 1.12. The van der Waals surface area contributed by atoms with Gasteiger partial charge in [0.2, 0.25) is 0 Å². The molecule has 2 aromatic carbocycles. The van der Waals surface area contributed by atoms with E-state index in [2.05, 4.69) is 0 Å². The quantitative estimate of drug-likeness (QED) is 0.703. The first-order chi connectivity index (χ1) is 6.74. The average molecular weight is 191 g/mol. The van der Waals surface area contributed by atoms with E-state index in [1.54, 1.807) is 24.3 Å². The molecule has 2 nitrogen and oxygen atoms in total. The Labute approximate surface area is 81.1 Å². The predicted octanol–water partition coefficient (Wildman–Crippen LogP) is 2.57. The Morgan fingerprint density at radius 1 is 1.21 bits per heavy atom. The molecular weight excluding hydrogens is 181 g/mol. The van der Waals surface area contributed by atoms with E-state index in [-0.39, 0.29) is 5.82 Å². The van der Waals surface area contributed by atoms with Gasteiger partial charge in [0.05, 0.1) is 12.5 Å². The van der Waals surface area contributed by atoms with Gasteiger partial charge in [-0.3, -0.25) is 0 Å². The van der Waals surface area contributed by atoms with Gasteiger partial charge in [0, 0.05) is 11.1 Å². The van der Waals surface area contributed by atoms with Crippen molar-refractivity contribution in [3.05, 3.63) is 36.1 Å². The van der Waals surface area contributed by atoms with Gasteiger partial charge in [-0.2, -0.15) is 0 Å². The van der Waals surface area contributed by atoms with E-state index in [1.807, 2.05) is 0 Å². The number of anilines is 1. The Bertz CT molecular complexity index is 482. The monoisotopic (exact) mass is 191 g/mol. The van der Waals surface area contributed by atoms with Gasteiger partial charge in [0.25, 0.3) is 0 Å². The lowest BCUT2D eigenvalue weighted by Gasteiger charge is -2.07. The first kappa shape index (κ1) is 8.81. The van der Waals surface area contributed by atoms with E-state index < -0.39 is 0 Å². The van der Waals surface area contributed by atoms with Gasteiger partial charge in [-0.25, -0.2) is 4.39 Å². The normalized spacial score (nSPS) is 10.4. The van der Waals surface area contributed by atoms with Crippen molar-refractivity contribution in [3.63, 3.8) is 0 Å². The highest BCUT2D eigenvalue weighted by molar-refractivity contribution is 5.97. The van der Waals surface area contributed by atoms with Gasteiger partial charge in [0.15, 0.2) is 0 Å². The zero-order valence-electron chi connectivity index (χ0n) is 7.75. The second kappa shape index (κ2) is 3.18. The molecular formula is C11H10FNO. The Balaban J connectivity index is 2.92. The third kappa shape index (κ3) is 1.18. The second-order valence-electron chi connectivity index (χ2n) is 3.02. The van der Waals surface area contributed by atoms with Crippen LogP contribution in [-0.2, 0) is 0 Å². The molecule has 0 spiro atoms. The molecule has 0 aliphatic heterocycles. The van der Waals surface area contributed by atoms with Crippen molar-refractivity contribution in [1.82, 2.24) is 0 Å². The lowest BCUT2D eigenvalue weighted by atomic mass is 10.1. The Hall–Kier alpha value is -1.77. The molecule has 2 rings (SSSR count). The number of fused-ring (bicyclic) bond motifs is 1. The molecule has 0 unspecified atom stereocenters. The van der Waals surface area contributed by atoms with Crippen LogP contribution in [0.4, 0.5) is 10.1 Å². The number of halogens is 1. The van der Waals surface area contributed by atoms with E-state index >= 15 is 0 Å². The molecule has 2 N–H and O–H groups in total. The van der Waals surface area contributed by atoms with Crippen LogP contribution in [0.1, 0.15) is 0 Å². The van der Waals surface area contributed by atoms with Gasteiger partial charge in [-0.15, -0.1) is 0 Å². The van der Waals surface area contributed by atoms with Gasteiger partial charge >= 0.3 is 0 Å². The summed E-state index contributed by atoms with van der Waals surface area (Å²) < 4.78 is 18.5. The van der Waals surface area contributed by atoms with E-state index in [0.29, 0.717) is 22.2 Å². The summed E-state index contributed by atoms with van der Waals surface area (Å²) in [4.78, 5) is 0. The maximum Gasteiger partial charge on any atom is 0.134 e. The minimum atomic E-state index is -0.313. The molecule has 0 fully saturated rings. The number of ether oxygens (including phenoxy) is 1. The minimum Gasteiger partial charge on any atom is -0.496 e. The molecule has 14 heavy (non-hydrogen) atoms. The van der Waals surface area contributed by atoms with Gasteiger partial charge in [-0.1, -0.05) is 12.1 Å². The maximum atomic E-state index is 13.5. The van der Waals surface area contributed by atoms with Crippen molar-refractivity contribution >= 4 is 16.5 Å². The summed E-state index contributed by atoms with van der Waals surface area (Å²) in [6.07, 6.45) is 0. The number of hydrogen-bond acceptors (Lipinski definition) is 2. The van der Waals surface area contributed by atoms with E-state index in [1.165, 1.54) is 13.2 Å². The van der Waals surface area contributed by atoms with Crippen LogP contribution in [0.25, 0.3) is 10.8 Å². The van der Waals surface area contributed by atoms with Gasteiger partial charge in [-0.05, 0) is 18.2 Å². The molecule has 3 heteroatoms. The SMILES string of the molecule is COc1cccc2c(N)ccc(F)c12. The minimum absolute atomic E-state index is 0.313. The fourth-order valence-corrected chi connectivity index (χ4v) is 1.52.